The van der Waals surface area contributed by atoms with E-state index in [0.29, 0.717) is 11.5 Å². The lowest BCUT2D eigenvalue weighted by atomic mass is 9.74. The lowest BCUT2D eigenvalue weighted by molar-refractivity contribution is -0.0453. The van der Waals surface area contributed by atoms with Gasteiger partial charge in [0.2, 0.25) is 0 Å². The van der Waals surface area contributed by atoms with Crippen LogP contribution < -0.4 is 0 Å². The molecule has 0 saturated heterocycles. The van der Waals surface area contributed by atoms with Crippen LogP contribution in [0, 0.1) is 0 Å². The Hall–Kier alpha value is -2.49. The molecule has 0 radical (unpaired) electrons. The normalized spacial score (nSPS) is 22.7. The Morgan fingerprint density at radius 1 is 1.00 bits per heavy atom. The number of ether oxygens (including phenoxy) is 1. The van der Waals surface area contributed by atoms with Crippen molar-refractivity contribution in [3.8, 4) is 0 Å². The van der Waals surface area contributed by atoms with Gasteiger partial charge in [-0.2, -0.15) is 0 Å². The van der Waals surface area contributed by atoms with Gasteiger partial charge in [-0.25, -0.2) is 13.6 Å². The molecule has 0 bridgehead atoms. The number of esters is 1. The van der Waals surface area contributed by atoms with E-state index in [1.165, 1.54) is 29.8 Å². The number of rotatable bonds is 6. The first-order valence-electron chi connectivity index (χ1n) is 10.3. The lowest BCUT2D eigenvalue weighted by Gasteiger charge is -2.40. The van der Waals surface area contributed by atoms with Gasteiger partial charge in [0.1, 0.15) is 11.4 Å². The predicted molar refractivity (Wildman–Crippen MR) is 112 cm³/mol. The molecule has 1 fully saturated rings. The highest BCUT2D eigenvalue weighted by molar-refractivity contribution is 5.90. The fourth-order valence-electron chi connectivity index (χ4n) is 4.27. The van der Waals surface area contributed by atoms with Gasteiger partial charge in [-0.15, -0.1) is 0 Å². The second-order valence-corrected chi connectivity index (χ2v) is 7.93. The topological polar surface area (TPSA) is 26.3 Å². The zero-order chi connectivity index (χ0) is 20.9. The molecule has 3 rings (SSSR count). The second-order valence-electron chi connectivity index (χ2n) is 7.93. The van der Waals surface area contributed by atoms with Crippen LogP contribution in [-0.4, -0.2) is 11.6 Å². The van der Waals surface area contributed by atoms with Crippen LogP contribution in [0.25, 0.3) is 5.83 Å². The first-order chi connectivity index (χ1) is 13.9. The number of benzene rings is 2. The van der Waals surface area contributed by atoms with E-state index in [1.807, 2.05) is 6.07 Å². The molecule has 4 heteroatoms. The highest BCUT2D eigenvalue weighted by Gasteiger charge is 2.38. The molecule has 1 saturated carbocycles. The van der Waals surface area contributed by atoms with Gasteiger partial charge in [-0.3, -0.25) is 0 Å². The molecule has 29 heavy (non-hydrogen) atoms. The smallest absolute Gasteiger partial charge is 0.338 e. The van der Waals surface area contributed by atoms with Crippen LogP contribution in [0.5, 0.6) is 0 Å². The van der Waals surface area contributed by atoms with Gasteiger partial charge in [0.15, 0.2) is 5.83 Å². The molecule has 2 nitrogen and oxygen atoms in total. The van der Waals surface area contributed by atoms with Crippen LogP contribution in [0.4, 0.5) is 8.78 Å². The maximum atomic E-state index is 13.7. The summed E-state index contributed by atoms with van der Waals surface area (Å²) in [6, 6.07) is 16.3. The van der Waals surface area contributed by atoms with Gasteiger partial charge in [-0.1, -0.05) is 55.8 Å². The minimum atomic E-state index is -0.911. The maximum Gasteiger partial charge on any atom is 0.338 e. The Kier molecular flexibility index (Phi) is 6.83. The molecule has 0 aromatic heterocycles. The Morgan fingerprint density at radius 3 is 2.14 bits per heavy atom. The van der Waals surface area contributed by atoms with Crippen molar-refractivity contribution in [2.45, 2.75) is 63.9 Å². The molecule has 0 heterocycles. The number of carbonyl (C=O) groups is 1. The SMILES string of the molecule is CCCC1(OC(=O)c2ccc(/C(F)=C(\C)F)cc2)CCC(c2ccccc2)CC1. The van der Waals surface area contributed by atoms with Gasteiger partial charge in [0.25, 0.3) is 0 Å². The average Bonchev–Trinajstić information content (AvgIpc) is 2.74. The Balaban J connectivity index is 1.69. The summed E-state index contributed by atoms with van der Waals surface area (Å²) in [5.41, 5.74) is 1.38. The van der Waals surface area contributed by atoms with E-state index in [9.17, 15) is 13.6 Å². The van der Waals surface area contributed by atoms with E-state index in [2.05, 4.69) is 31.2 Å². The zero-order valence-electron chi connectivity index (χ0n) is 17.1. The third-order valence-electron chi connectivity index (χ3n) is 5.86. The maximum absolute atomic E-state index is 13.7. The van der Waals surface area contributed by atoms with Gasteiger partial charge in [0.05, 0.1) is 5.56 Å². The third-order valence-corrected chi connectivity index (χ3v) is 5.86. The molecule has 1 aliphatic carbocycles. The highest BCUT2D eigenvalue weighted by atomic mass is 19.2. The van der Waals surface area contributed by atoms with Crippen molar-refractivity contribution < 1.29 is 18.3 Å². The van der Waals surface area contributed by atoms with Gasteiger partial charge < -0.3 is 4.74 Å². The Labute approximate surface area is 171 Å². The quantitative estimate of drug-likeness (QED) is 0.475. The summed E-state index contributed by atoms with van der Waals surface area (Å²) >= 11 is 0. The minimum Gasteiger partial charge on any atom is -0.455 e. The van der Waals surface area contributed by atoms with Crippen LogP contribution in [0.1, 0.15) is 79.8 Å². The molecule has 0 amide bonds. The van der Waals surface area contributed by atoms with E-state index < -0.39 is 23.2 Å². The summed E-state index contributed by atoms with van der Waals surface area (Å²) in [5, 5.41) is 0. The standard InChI is InChI=1S/C25H28F2O2/c1-3-15-25(16-13-20(14-17-25)19-7-5-4-6-8-19)29-24(28)22-11-9-21(10-12-22)23(27)18(2)26/h4-12,20H,3,13-17H2,1-2H3/b23-18-. The van der Waals surface area contributed by atoms with Crippen LogP contribution in [0.3, 0.4) is 0 Å². The average molecular weight is 398 g/mol. The molecule has 0 atom stereocenters. The van der Waals surface area contributed by atoms with Gasteiger partial charge >= 0.3 is 5.97 Å². The van der Waals surface area contributed by atoms with Gasteiger partial charge in [0, 0.05) is 5.56 Å². The van der Waals surface area contributed by atoms with Crippen molar-refractivity contribution in [1.29, 1.82) is 0 Å². The molecule has 0 aliphatic heterocycles. The summed E-state index contributed by atoms with van der Waals surface area (Å²) < 4.78 is 32.8. The number of hydrogen-bond acceptors (Lipinski definition) is 2. The third kappa shape index (κ3) is 5.11. The number of hydrogen-bond donors (Lipinski definition) is 0. The molecule has 1 aliphatic rings. The fraction of sp³-hybridized carbons (Fsp3) is 0.400. The fourth-order valence-corrected chi connectivity index (χ4v) is 4.27. The van der Waals surface area contributed by atoms with Crippen LogP contribution in [0.2, 0.25) is 0 Å². The number of allylic oxidation sites excluding steroid dienone is 1. The highest BCUT2D eigenvalue weighted by Crippen LogP contribution is 2.42. The summed E-state index contributed by atoms with van der Waals surface area (Å²) in [4.78, 5) is 12.8. The molecule has 0 spiro atoms. The Bertz CT molecular complexity index is 844. The molecule has 0 unspecified atom stereocenters. The predicted octanol–water partition coefficient (Wildman–Crippen LogP) is 7.37. The lowest BCUT2D eigenvalue weighted by Crippen LogP contribution is -2.38. The van der Waals surface area contributed by atoms with Gasteiger partial charge in [-0.05, 0) is 62.6 Å². The summed E-state index contributed by atoms with van der Waals surface area (Å²) in [5.74, 6) is -1.69. The second kappa shape index (κ2) is 9.34. The van der Waals surface area contributed by atoms with Crippen molar-refractivity contribution in [1.82, 2.24) is 0 Å². The number of carbonyl (C=O) groups excluding carboxylic acids is 1. The van der Waals surface area contributed by atoms with E-state index in [4.69, 9.17) is 4.74 Å². The molecule has 2 aromatic carbocycles. The summed E-state index contributed by atoms with van der Waals surface area (Å²) in [7, 11) is 0. The van der Waals surface area contributed by atoms with Crippen molar-refractivity contribution in [2.24, 2.45) is 0 Å². The Morgan fingerprint density at radius 2 is 1.59 bits per heavy atom. The molecular formula is C25H28F2O2. The monoisotopic (exact) mass is 398 g/mol. The molecular weight excluding hydrogens is 370 g/mol. The zero-order valence-corrected chi connectivity index (χ0v) is 17.1. The molecule has 2 aromatic rings. The van der Waals surface area contributed by atoms with Crippen molar-refractivity contribution >= 4 is 11.8 Å². The van der Waals surface area contributed by atoms with Crippen LogP contribution >= 0.6 is 0 Å². The largest absolute Gasteiger partial charge is 0.455 e. The van der Waals surface area contributed by atoms with E-state index in [1.54, 1.807) is 0 Å². The van der Waals surface area contributed by atoms with Crippen molar-refractivity contribution in [3.05, 3.63) is 77.1 Å². The van der Waals surface area contributed by atoms with E-state index in [0.717, 1.165) is 45.4 Å². The summed E-state index contributed by atoms with van der Waals surface area (Å²) in [6.45, 7) is 3.17. The molecule has 0 N–H and O–H groups in total. The van der Waals surface area contributed by atoms with Crippen LogP contribution in [0.15, 0.2) is 60.4 Å². The first kappa shape index (κ1) is 21.2. The van der Waals surface area contributed by atoms with Crippen LogP contribution in [-0.2, 0) is 4.74 Å². The van der Waals surface area contributed by atoms with E-state index in [-0.39, 0.29) is 5.56 Å². The number of halogens is 2. The van der Waals surface area contributed by atoms with E-state index >= 15 is 0 Å². The molecule has 154 valence electrons. The van der Waals surface area contributed by atoms with Crippen molar-refractivity contribution in [3.63, 3.8) is 0 Å². The minimum absolute atomic E-state index is 0.119. The summed E-state index contributed by atoms with van der Waals surface area (Å²) in [6.07, 6.45) is 5.42. The first-order valence-corrected chi connectivity index (χ1v) is 10.3. The van der Waals surface area contributed by atoms with Crippen molar-refractivity contribution in [2.75, 3.05) is 0 Å².